The van der Waals surface area contributed by atoms with Crippen molar-refractivity contribution in [2.75, 3.05) is 0 Å². The monoisotopic (exact) mass is 318 g/mol. The van der Waals surface area contributed by atoms with Gasteiger partial charge in [-0.05, 0) is 44.0 Å². The van der Waals surface area contributed by atoms with Crippen LogP contribution in [0.3, 0.4) is 0 Å². The van der Waals surface area contributed by atoms with Gasteiger partial charge in [0.1, 0.15) is 5.82 Å². The van der Waals surface area contributed by atoms with Gasteiger partial charge in [0.25, 0.3) is 0 Å². The van der Waals surface area contributed by atoms with Gasteiger partial charge in [0.2, 0.25) is 0 Å². The molecule has 1 aliphatic rings. The minimum Gasteiger partial charge on any atom is -0.318 e. The Balaban J connectivity index is 1.94. The summed E-state index contributed by atoms with van der Waals surface area (Å²) in [6.45, 7) is 2.17. The molecule has 1 aromatic heterocycles. The summed E-state index contributed by atoms with van der Waals surface area (Å²) in [4.78, 5) is 5.78. The molecule has 1 fully saturated rings. The minimum atomic E-state index is -0.214. The molecular weight excluding hydrogens is 295 g/mol. The van der Waals surface area contributed by atoms with Crippen LogP contribution in [-0.4, -0.2) is 4.57 Å². The maximum absolute atomic E-state index is 13.0. The summed E-state index contributed by atoms with van der Waals surface area (Å²) in [6, 6.07) is 6.99. The second-order valence-corrected chi connectivity index (χ2v) is 6.95. The van der Waals surface area contributed by atoms with Crippen LogP contribution >= 0.6 is 11.3 Å². The lowest BCUT2D eigenvalue weighted by Crippen LogP contribution is -2.22. The van der Waals surface area contributed by atoms with Crippen molar-refractivity contribution >= 4 is 17.0 Å². The van der Waals surface area contributed by atoms with Crippen LogP contribution in [0.5, 0.6) is 0 Å². The molecular formula is C18H23FN2S. The number of hydrogen-bond donors (Lipinski definition) is 0. The topological polar surface area (TPSA) is 17.3 Å². The standard InChI is InChI=1S/C18H23FN2S/c1-14-13-22-18(20-16-11-9-15(19)10-12-16)21(14)17-7-5-3-2-4-6-8-17/h9-13,17H,2-8H2,1H3. The summed E-state index contributed by atoms with van der Waals surface area (Å²) in [5.74, 6) is -0.214. The zero-order valence-corrected chi connectivity index (χ0v) is 13.9. The molecule has 0 spiro atoms. The Labute approximate surface area is 135 Å². The maximum atomic E-state index is 13.0. The number of halogens is 1. The lowest BCUT2D eigenvalue weighted by Gasteiger charge is -2.22. The second kappa shape index (κ2) is 7.23. The number of nitrogens with zero attached hydrogens (tertiary/aromatic N) is 2. The van der Waals surface area contributed by atoms with Gasteiger partial charge in [-0.1, -0.05) is 32.1 Å². The first kappa shape index (κ1) is 15.5. The van der Waals surface area contributed by atoms with E-state index in [-0.39, 0.29) is 5.82 Å². The molecule has 0 aliphatic heterocycles. The highest BCUT2D eigenvalue weighted by molar-refractivity contribution is 7.07. The smallest absolute Gasteiger partial charge is 0.190 e. The van der Waals surface area contributed by atoms with Crippen molar-refractivity contribution in [3.8, 4) is 0 Å². The Hall–Kier alpha value is -1.42. The van der Waals surface area contributed by atoms with Crippen molar-refractivity contribution in [2.45, 2.75) is 57.9 Å². The lowest BCUT2D eigenvalue weighted by molar-refractivity contribution is 0.362. The van der Waals surface area contributed by atoms with Crippen LogP contribution in [0.2, 0.25) is 0 Å². The average Bonchev–Trinajstić information content (AvgIpc) is 2.83. The lowest BCUT2D eigenvalue weighted by atomic mass is 9.96. The van der Waals surface area contributed by atoms with Crippen molar-refractivity contribution in [1.82, 2.24) is 4.57 Å². The molecule has 22 heavy (non-hydrogen) atoms. The number of aryl methyl sites for hydroxylation is 1. The molecule has 1 heterocycles. The third kappa shape index (κ3) is 3.67. The molecule has 0 amide bonds. The highest BCUT2D eigenvalue weighted by Gasteiger charge is 2.16. The largest absolute Gasteiger partial charge is 0.318 e. The third-order valence-electron chi connectivity index (χ3n) is 4.41. The van der Waals surface area contributed by atoms with Gasteiger partial charge in [0.15, 0.2) is 4.80 Å². The van der Waals surface area contributed by atoms with Gasteiger partial charge >= 0.3 is 0 Å². The molecule has 2 aromatic rings. The Morgan fingerprint density at radius 3 is 2.36 bits per heavy atom. The summed E-state index contributed by atoms with van der Waals surface area (Å²) in [5.41, 5.74) is 2.11. The van der Waals surface area contributed by atoms with E-state index in [1.807, 2.05) is 0 Å². The predicted molar refractivity (Wildman–Crippen MR) is 90.0 cm³/mol. The number of rotatable bonds is 2. The van der Waals surface area contributed by atoms with E-state index in [4.69, 9.17) is 4.99 Å². The van der Waals surface area contributed by atoms with Crippen molar-refractivity contribution in [2.24, 2.45) is 4.99 Å². The van der Waals surface area contributed by atoms with Gasteiger partial charge in [-0.2, -0.15) is 0 Å². The Morgan fingerprint density at radius 1 is 1.05 bits per heavy atom. The van der Waals surface area contributed by atoms with E-state index in [1.54, 1.807) is 23.5 Å². The van der Waals surface area contributed by atoms with Gasteiger partial charge in [-0.25, -0.2) is 9.38 Å². The first-order valence-corrected chi connectivity index (χ1v) is 9.09. The van der Waals surface area contributed by atoms with Crippen LogP contribution in [0.25, 0.3) is 0 Å². The molecule has 1 saturated carbocycles. The Bertz CT molecular complexity index is 661. The fraction of sp³-hybridized carbons (Fsp3) is 0.500. The third-order valence-corrected chi connectivity index (χ3v) is 5.37. The van der Waals surface area contributed by atoms with E-state index in [0.29, 0.717) is 6.04 Å². The van der Waals surface area contributed by atoms with E-state index in [9.17, 15) is 4.39 Å². The zero-order valence-electron chi connectivity index (χ0n) is 13.1. The van der Waals surface area contributed by atoms with Gasteiger partial charge in [-0.3, -0.25) is 0 Å². The van der Waals surface area contributed by atoms with Crippen LogP contribution < -0.4 is 4.80 Å². The first-order valence-electron chi connectivity index (χ1n) is 8.21. The molecule has 0 bridgehead atoms. The SMILES string of the molecule is Cc1csc(=Nc2ccc(F)cc2)n1C1CCCCCCC1. The molecule has 1 aliphatic carbocycles. The van der Waals surface area contributed by atoms with Crippen molar-refractivity contribution in [1.29, 1.82) is 0 Å². The molecule has 0 saturated heterocycles. The summed E-state index contributed by atoms with van der Waals surface area (Å²) in [5, 5.41) is 2.18. The van der Waals surface area contributed by atoms with Gasteiger partial charge in [0, 0.05) is 17.1 Å². The summed E-state index contributed by atoms with van der Waals surface area (Å²) < 4.78 is 15.4. The normalized spacial score (nSPS) is 18.2. The van der Waals surface area contributed by atoms with Crippen molar-refractivity contribution in [3.05, 3.63) is 46.0 Å². The van der Waals surface area contributed by atoms with E-state index < -0.39 is 0 Å². The summed E-state index contributed by atoms with van der Waals surface area (Å²) in [7, 11) is 0. The fourth-order valence-electron chi connectivity index (χ4n) is 3.25. The van der Waals surface area contributed by atoms with E-state index in [2.05, 4.69) is 16.9 Å². The van der Waals surface area contributed by atoms with Crippen molar-refractivity contribution in [3.63, 3.8) is 0 Å². The highest BCUT2D eigenvalue weighted by Crippen LogP contribution is 2.27. The Kier molecular flexibility index (Phi) is 5.08. The van der Waals surface area contributed by atoms with Crippen LogP contribution in [0.15, 0.2) is 34.6 Å². The number of thiazole rings is 1. The van der Waals surface area contributed by atoms with Crippen LogP contribution in [0.1, 0.15) is 56.7 Å². The van der Waals surface area contributed by atoms with Gasteiger partial charge in [-0.15, -0.1) is 11.3 Å². The summed E-state index contributed by atoms with van der Waals surface area (Å²) in [6.07, 6.45) is 9.19. The van der Waals surface area contributed by atoms with Crippen molar-refractivity contribution < 1.29 is 4.39 Å². The second-order valence-electron chi connectivity index (χ2n) is 6.12. The van der Waals surface area contributed by atoms with Crippen LogP contribution in [-0.2, 0) is 0 Å². The number of hydrogen-bond acceptors (Lipinski definition) is 2. The van der Waals surface area contributed by atoms with E-state index in [0.717, 1.165) is 10.5 Å². The number of benzene rings is 1. The zero-order chi connectivity index (χ0) is 15.4. The molecule has 1 aromatic carbocycles. The molecule has 0 atom stereocenters. The van der Waals surface area contributed by atoms with Gasteiger partial charge < -0.3 is 4.57 Å². The highest BCUT2D eigenvalue weighted by atomic mass is 32.1. The maximum Gasteiger partial charge on any atom is 0.190 e. The molecule has 3 rings (SSSR count). The van der Waals surface area contributed by atoms with Gasteiger partial charge in [0.05, 0.1) is 5.69 Å². The quantitative estimate of drug-likeness (QED) is 0.694. The van der Waals surface area contributed by atoms with Crippen LogP contribution in [0.4, 0.5) is 10.1 Å². The summed E-state index contributed by atoms with van der Waals surface area (Å²) >= 11 is 1.68. The van der Waals surface area contributed by atoms with E-state index >= 15 is 0 Å². The molecule has 0 unspecified atom stereocenters. The molecule has 118 valence electrons. The molecule has 2 nitrogen and oxygen atoms in total. The van der Waals surface area contributed by atoms with E-state index in [1.165, 1.54) is 62.8 Å². The number of aromatic nitrogens is 1. The molecule has 0 radical (unpaired) electrons. The minimum absolute atomic E-state index is 0.214. The average molecular weight is 318 g/mol. The fourth-order valence-corrected chi connectivity index (χ4v) is 4.20. The predicted octanol–water partition coefficient (Wildman–Crippen LogP) is 5.51. The molecule has 4 heteroatoms. The van der Waals surface area contributed by atoms with Crippen LogP contribution in [0, 0.1) is 12.7 Å². The first-order chi connectivity index (χ1) is 10.7. The Morgan fingerprint density at radius 2 is 1.68 bits per heavy atom. The molecule has 0 N–H and O–H groups in total.